The molecule has 1 fully saturated rings. The first-order chi connectivity index (χ1) is 22.2. The van der Waals surface area contributed by atoms with E-state index in [0.29, 0.717) is 23.0 Å². The van der Waals surface area contributed by atoms with Gasteiger partial charge in [-0.25, -0.2) is 8.78 Å². The number of hydrogen-bond acceptors (Lipinski definition) is 7. The maximum atomic E-state index is 13.6. The molecule has 3 aromatic carbocycles. The highest BCUT2D eigenvalue weighted by molar-refractivity contribution is 8.00. The lowest BCUT2D eigenvalue weighted by molar-refractivity contribution is -0.141. The maximum Gasteiger partial charge on any atom is 0.325 e. The normalized spacial score (nSPS) is 17.3. The number of hydrogen-bond donors (Lipinski definition) is 4. The topological polar surface area (TPSA) is 145 Å². The number of aliphatic carboxylic acids is 1. The van der Waals surface area contributed by atoms with Crippen LogP contribution in [0.3, 0.4) is 0 Å². The summed E-state index contributed by atoms with van der Waals surface area (Å²) in [4.78, 5) is 50.9. The Morgan fingerprint density at radius 3 is 2.11 bits per heavy atom. The number of aliphatic hydroxyl groups excluding tert-OH is 1. The van der Waals surface area contributed by atoms with Crippen molar-refractivity contribution < 1.29 is 42.9 Å². The number of carbonyl (C=O) groups excluding carboxylic acids is 3. The van der Waals surface area contributed by atoms with Crippen LogP contribution in [0.15, 0.2) is 72.8 Å². The largest absolute Gasteiger partial charge is 0.484 e. The molecular weight excluding hydrogens is 649 g/mol. The van der Waals surface area contributed by atoms with Crippen molar-refractivity contribution >= 4 is 49.2 Å². The smallest absolute Gasteiger partial charge is 0.325 e. The van der Waals surface area contributed by atoms with E-state index in [4.69, 9.17) is 4.74 Å². The Hall–Kier alpha value is -4.27. The van der Waals surface area contributed by atoms with E-state index in [-0.39, 0.29) is 11.7 Å². The highest BCUT2D eigenvalue weighted by Gasteiger charge is 2.49. The molecule has 10 nitrogen and oxygen atoms in total. The van der Waals surface area contributed by atoms with Gasteiger partial charge >= 0.3 is 5.97 Å². The number of nitrogens with zero attached hydrogens (tertiary/aromatic N) is 1. The summed E-state index contributed by atoms with van der Waals surface area (Å²) >= 11 is 1.26. The molecule has 3 aromatic rings. The molecule has 0 saturated carbocycles. The Bertz CT molecular complexity index is 1570. The van der Waals surface area contributed by atoms with Gasteiger partial charge in [-0.1, -0.05) is 43.9 Å². The Kier molecular flexibility index (Phi) is 11.8. The van der Waals surface area contributed by atoms with Crippen LogP contribution in [0.4, 0.5) is 14.5 Å². The molecule has 4 atom stereocenters. The number of halogens is 2. The van der Waals surface area contributed by atoms with Crippen molar-refractivity contribution in [2.45, 2.75) is 49.1 Å². The number of benzene rings is 3. The lowest BCUT2D eigenvalue weighted by Crippen LogP contribution is -2.57. The number of thioether (sulfide) groups is 1. The van der Waals surface area contributed by atoms with Gasteiger partial charge in [0.15, 0.2) is 6.61 Å². The second kappa shape index (κ2) is 15.5. The molecule has 1 heterocycles. The molecule has 14 heteroatoms. The molecule has 4 N–H and O–H groups in total. The van der Waals surface area contributed by atoms with Crippen LogP contribution in [-0.4, -0.2) is 72.2 Å². The highest BCUT2D eigenvalue weighted by Crippen LogP contribution is 2.46. The van der Waals surface area contributed by atoms with Gasteiger partial charge in [-0.05, 0) is 65.7 Å². The van der Waals surface area contributed by atoms with Crippen molar-refractivity contribution in [3.05, 3.63) is 95.6 Å². The van der Waals surface area contributed by atoms with Crippen molar-refractivity contribution in [2.75, 3.05) is 23.8 Å². The fourth-order valence-electron chi connectivity index (χ4n) is 5.01. The Morgan fingerprint density at radius 2 is 1.53 bits per heavy atom. The maximum absolute atomic E-state index is 13.6. The zero-order valence-electron chi connectivity index (χ0n) is 26.1. The lowest BCUT2D eigenvalue weighted by Gasteiger charge is -2.47. The number of carboxylic acids is 1. The molecule has 4 rings (SSSR count). The van der Waals surface area contributed by atoms with Gasteiger partial charge in [-0.15, -0.1) is 11.8 Å². The molecule has 0 aromatic heterocycles. The number of β-lactam (4-membered cyclic amide) rings is 1. The van der Waals surface area contributed by atoms with Gasteiger partial charge in [-0.2, -0.15) is 0 Å². The molecular formula is C33H37F2N3O7SSi. The zero-order valence-corrected chi connectivity index (χ0v) is 27.9. The molecule has 3 amide bonds. The van der Waals surface area contributed by atoms with E-state index < -0.39 is 74.1 Å². The summed E-state index contributed by atoms with van der Waals surface area (Å²) in [5, 5.41) is 24.3. The first-order valence-electron chi connectivity index (χ1n) is 14.9. The number of amides is 3. The number of anilines is 1. The third kappa shape index (κ3) is 9.86. The van der Waals surface area contributed by atoms with Gasteiger partial charge in [0.2, 0.25) is 11.8 Å². The van der Waals surface area contributed by atoms with Gasteiger partial charge in [0.1, 0.15) is 28.7 Å². The quantitative estimate of drug-likeness (QED) is 0.137. The highest BCUT2D eigenvalue weighted by atomic mass is 32.2. The van der Waals surface area contributed by atoms with Gasteiger partial charge in [-0.3, -0.25) is 19.2 Å². The first-order valence-corrected chi connectivity index (χ1v) is 19.6. The van der Waals surface area contributed by atoms with Crippen LogP contribution < -0.4 is 20.3 Å². The molecule has 250 valence electrons. The summed E-state index contributed by atoms with van der Waals surface area (Å²) in [7, 11) is -1.77. The van der Waals surface area contributed by atoms with Crippen LogP contribution in [0.5, 0.6) is 5.75 Å². The fraction of sp³-hybridized carbons (Fsp3) is 0.333. The number of nitrogens with one attached hydrogen (secondary N) is 2. The van der Waals surface area contributed by atoms with E-state index in [9.17, 15) is 38.2 Å². The van der Waals surface area contributed by atoms with Gasteiger partial charge in [0.25, 0.3) is 5.91 Å². The van der Waals surface area contributed by atoms with Crippen LogP contribution in [0.25, 0.3) is 0 Å². The average molecular weight is 686 g/mol. The average Bonchev–Trinajstić information content (AvgIpc) is 3.02. The molecule has 1 aliphatic rings. The first kappa shape index (κ1) is 35.6. The zero-order chi connectivity index (χ0) is 34.3. The second-order valence-electron chi connectivity index (χ2n) is 12.3. The number of rotatable bonds is 15. The Labute approximate surface area is 276 Å². The van der Waals surface area contributed by atoms with Gasteiger partial charge in [0, 0.05) is 19.5 Å². The predicted octanol–water partition coefficient (Wildman–Crippen LogP) is 4.29. The Balaban J connectivity index is 1.36. The third-order valence-corrected chi connectivity index (χ3v) is 10.3. The summed E-state index contributed by atoms with van der Waals surface area (Å²) in [5.74, 6) is -2.87. The summed E-state index contributed by atoms with van der Waals surface area (Å²) in [6.07, 6.45) is -0.925. The van der Waals surface area contributed by atoms with Crippen molar-refractivity contribution in [1.29, 1.82) is 0 Å². The van der Waals surface area contributed by atoms with Crippen molar-refractivity contribution in [3.8, 4) is 5.75 Å². The minimum absolute atomic E-state index is 0.180. The van der Waals surface area contributed by atoms with Crippen molar-refractivity contribution in [3.63, 3.8) is 0 Å². The number of ether oxygens (including phenoxy) is 1. The van der Waals surface area contributed by atoms with E-state index in [1.807, 2.05) is 19.6 Å². The number of carbonyl (C=O) groups is 4. The standard InChI is InChI=1S/C33H37F2N3O7SSi/c1-47(2,3)19-26(33(43)44)37-28(40)16-36-29(41)17-45-25-14-6-21(7-15-25)30-31(32(42)38(30)24-12-10-23(35)11-13-24)46-18-27(39)20-4-8-22(34)9-5-20/h4-15,26-27,30-31,39H,16-19H2,1-3H3,(H,36,41)(H,37,40)(H,43,44)/t26-,27?,30+,31+/m0/s1. The number of aliphatic hydroxyl groups is 1. The monoisotopic (exact) mass is 685 g/mol. The van der Waals surface area contributed by atoms with Crippen LogP contribution >= 0.6 is 11.8 Å². The van der Waals surface area contributed by atoms with Gasteiger partial charge in [0.05, 0.1) is 18.7 Å². The lowest BCUT2D eigenvalue weighted by atomic mass is 9.92. The molecule has 1 aliphatic heterocycles. The number of carboxylic acid groups (broad SMARTS) is 1. The molecule has 1 saturated heterocycles. The SMILES string of the molecule is C[Si](C)(C)C[C@H](NC(=O)CNC(=O)COc1ccc([C@@H]2[C@@H](SCC(O)c3ccc(F)cc3)C(=O)N2c2ccc(F)cc2)cc1)C(=O)O. The molecule has 0 aliphatic carbocycles. The third-order valence-electron chi connectivity index (χ3n) is 7.33. The van der Waals surface area contributed by atoms with Crippen molar-refractivity contribution in [1.82, 2.24) is 10.6 Å². The van der Waals surface area contributed by atoms with E-state index >= 15 is 0 Å². The second-order valence-corrected chi connectivity index (χ2v) is 19.0. The predicted molar refractivity (Wildman–Crippen MR) is 177 cm³/mol. The van der Waals surface area contributed by atoms with Gasteiger partial charge < -0.3 is 30.5 Å². The van der Waals surface area contributed by atoms with E-state index in [0.717, 1.165) is 5.56 Å². The summed E-state index contributed by atoms with van der Waals surface area (Å²) < 4.78 is 32.5. The molecule has 0 bridgehead atoms. The minimum Gasteiger partial charge on any atom is -0.484 e. The summed E-state index contributed by atoms with van der Waals surface area (Å²) in [6, 6.07) is 16.7. The van der Waals surface area contributed by atoms with E-state index in [1.165, 1.54) is 60.3 Å². The Morgan fingerprint density at radius 1 is 0.936 bits per heavy atom. The van der Waals surface area contributed by atoms with Crippen molar-refractivity contribution in [2.24, 2.45) is 0 Å². The summed E-state index contributed by atoms with van der Waals surface area (Å²) in [5.41, 5.74) is 1.77. The molecule has 47 heavy (non-hydrogen) atoms. The van der Waals surface area contributed by atoms with Crippen LogP contribution in [0.1, 0.15) is 23.3 Å². The summed E-state index contributed by atoms with van der Waals surface area (Å²) in [6.45, 7) is 5.19. The minimum atomic E-state index is -1.77. The molecule has 0 spiro atoms. The fourth-order valence-corrected chi connectivity index (χ4v) is 7.81. The van der Waals surface area contributed by atoms with Crippen LogP contribution in [0.2, 0.25) is 25.7 Å². The molecule has 1 unspecified atom stereocenters. The molecule has 0 radical (unpaired) electrons. The van der Waals surface area contributed by atoms with Crippen LogP contribution in [-0.2, 0) is 19.2 Å². The van der Waals surface area contributed by atoms with Crippen LogP contribution in [0, 0.1) is 11.6 Å². The van der Waals surface area contributed by atoms with E-state index in [1.54, 1.807) is 29.2 Å². The van der Waals surface area contributed by atoms with E-state index in [2.05, 4.69) is 10.6 Å².